The number of aryl methyl sites for hydroxylation is 1. The predicted molar refractivity (Wildman–Crippen MR) is 122 cm³/mol. The molecule has 2 aromatic carbocycles. The average Bonchev–Trinajstić information content (AvgIpc) is 3.09. The van der Waals surface area contributed by atoms with Crippen LogP contribution in [0, 0.1) is 5.82 Å². The van der Waals surface area contributed by atoms with Crippen molar-refractivity contribution < 1.29 is 27.1 Å². The topological polar surface area (TPSA) is 93.1 Å². The Kier molecular flexibility index (Phi) is 6.56. The molecule has 0 aliphatic rings. The number of benzene rings is 2. The van der Waals surface area contributed by atoms with E-state index in [2.05, 4.69) is 25.9 Å². The lowest BCUT2D eigenvalue weighted by Gasteiger charge is -2.11. The van der Waals surface area contributed by atoms with Crippen molar-refractivity contribution in [3.05, 3.63) is 66.1 Å². The summed E-state index contributed by atoms with van der Waals surface area (Å²) in [5, 5.41) is 8.00. The van der Waals surface area contributed by atoms with Gasteiger partial charge in [0.15, 0.2) is 0 Å². The first-order chi connectivity index (χ1) is 16.6. The molecule has 12 heteroatoms. The SMILES string of the molecule is CNCC(=O)Nc1cc(Oc2ccc3c(c2)nc(Nc2cc(C(F)(F)F)ccc2F)n3C)ccn1. The smallest absolute Gasteiger partial charge is 0.416 e. The fourth-order valence-corrected chi connectivity index (χ4v) is 3.30. The number of carbonyl (C=O) groups excluding carboxylic acids is 1. The largest absolute Gasteiger partial charge is 0.457 e. The van der Waals surface area contributed by atoms with E-state index in [0.29, 0.717) is 40.5 Å². The molecule has 2 aromatic heterocycles. The number of amides is 1. The van der Waals surface area contributed by atoms with Crippen LogP contribution in [0.25, 0.3) is 11.0 Å². The maximum atomic E-state index is 14.2. The highest BCUT2D eigenvalue weighted by Crippen LogP contribution is 2.33. The van der Waals surface area contributed by atoms with E-state index in [-0.39, 0.29) is 24.1 Å². The summed E-state index contributed by atoms with van der Waals surface area (Å²) < 4.78 is 60.7. The number of carbonyl (C=O) groups is 1. The number of fused-ring (bicyclic) bond motifs is 1. The van der Waals surface area contributed by atoms with Gasteiger partial charge in [-0.25, -0.2) is 14.4 Å². The number of nitrogens with zero attached hydrogens (tertiary/aromatic N) is 3. The third-order valence-corrected chi connectivity index (χ3v) is 4.96. The van der Waals surface area contributed by atoms with Crippen LogP contribution < -0.4 is 20.7 Å². The second kappa shape index (κ2) is 9.58. The van der Waals surface area contributed by atoms with Gasteiger partial charge in [0.2, 0.25) is 11.9 Å². The number of aromatic nitrogens is 3. The Morgan fingerprint density at radius 3 is 2.60 bits per heavy atom. The second-order valence-corrected chi connectivity index (χ2v) is 7.52. The number of hydrogen-bond acceptors (Lipinski definition) is 6. The normalized spacial score (nSPS) is 11.5. The molecule has 0 aliphatic heterocycles. The highest BCUT2D eigenvalue weighted by atomic mass is 19.4. The molecule has 2 heterocycles. The van der Waals surface area contributed by atoms with E-state index in [1.165, 1.54) is 6.20 Å². The Labute approximate surface area is 196 Å². The van der Waals surface area contributed by atoms with Gasteiger partial charge in [0.25, 0.3) is 0 Å². The average molecular weight is 488 g/mol. The maximum absolute atomic E-state index is 14.2. The van der Waals surface area contributed by atoms with Crippen molar-refractivity contribution in [2.24, 2.45) is 7.05 Å². The van der Waals surface area contributed by atoms with Gasteiger partial charge in [-0.15, -0.1) is 0 Å². The van der Waals surface area contributed by atoms with Crippen molar-refractivity contribution in [2.75, 3.05) is 24.2 Å². The first kappa shape index (κ1) is 24.0. The molecule has 0 fully saturated rings. The van der Waals surface area contributed by atoms with Gasteiger partial charge in [-0.2, -0.15) is 13.2 Å². The molecule has 4 aromatic rings. The molecule has 0 spiro atoms. The number of alkyl halides is 3. The van der Waals surface area contributed by atoms with E-state index in [1.54, 1.807) is 49.0 Å². The van der Waals surface area contributed by atoms with Crippen LogP contribution in [0.5, 0.6) is 11.5 Å². The van der Waals surface area contributed by atoms with Gasteiger partial charge in [0.05, 0.1) is 28.8 Å². The van der Waals surface area contributed by atoms with Gasteiger partial charge in [-0.1, -0.05) is 0 Å². The van der Waals surface area contributed by atoms with E-state index in [0.717, 1.165) is 6.07 Å². The van der Waals surface area contributed by atoms with E-state index in [1.807, 2.05) is 0 Å². The van der Waals surface area contributed by atoms with Crippen LogP contribution in [-0.2, 0) is 18.0 Å². The summed E-state index contributed by atoms with van der Waals surface area (Å²) in [6.45, 7) is 0.129. The summed E-state index contributed by atoms with van der Waals surface area (Å²) in [6.07, 6.45) is -3.12. The van der Waals surface area contributed by atoms with Crippen LogP contribution in [-0.4, -0.2) is 34.0 Å². The minimum atomic E-state index is -4.61. The van der Waals surface area contributed by atoms with Crippen LogP contribution in [0.1, 0.15) is 5.56 Å². The summed E-state index contributed by atoms with van der Waals surface area (Å²) >= 11 is 0. The van der Waals surface area contributed by atoms with E-state index in [4.69, 9.17) is 4.74 Å². The quantitative estimate of drug-likeness (QED) is 0.323. The first-order valence-corrected chi connectivity index (χ1v) is 10.3. The van der Waals surface area contributed by atoms with Crippen molar-refractivity contribution in [2.45, 2.75) is 6.18 Å². The molecule has 0 bridgehead atoms. The van der Waals surface area contributed by atoms with Crippen molar-refractivity contribution in [1.82, 2.24) is 19.9 Å². The van der Waals surface area contributed by atoms with Crippen molar-refractivity contribution in [3.63, 3.8) is 0 Å². The molecule has 1 amide bonds. The van der Waals surface area contributed by atoms with E-state index < -0.39 is 17.6 Å². The molecule has 0 aliphatic carbocycles. The van der Waals surface area contributed by atoms with Gasteiger partial charge in [-0.3, -0.25) is 4.79 Å². The number of ether oxygens (including phenoxy) is 1. The number of hydrogen-bond donors (Lipinski definition) is 3. The monoisotopic (exact) mass is 488 g/mol. The molecule has 8 nitrogen and oxygen atoms in total. The van der Waals surface area contributed by atoms with Crippen molar-refractivity contribution in [3.8, 4) is 11.5 Å². The summed E-state index contributed by atoms with van der Waals surface area (Å²) in [6, 6.07) is 10.3. The lowest BCUT2D eigenvalue weighted by atomic mass is 10.2. The number of nitrogens with one attached hydrogen (secondary N) is 3. The van der Waals surface area contributed by atoms with Crippen LogP contribution in [0.3, 0.4) is 0 Å². The molecule has 35 heavy (non-hydrogen) atoms. The first-order valence-electron chi connectivity index (χ1n) is 10.3. The molecular formula is C23H20F4N6O2. The Balaban J connectivity index is 1.57. The van der Waals surface area contributed by atoms with Gasteiger partial charge < -0.3 is 25.3 Å². The molecule has 0 radical (unpaired) electrons. The molecule has 0 atom stereocenters. The third-order valence-electron chi connectivity index (χ3n) is 4.96. The number of rotatable bonds is 7. The van der Waals surface area contributed by atoms with Gasteiger partial charge in [0, 0.05) is 25.4 Å². The fourth-order valence-electron chi connectivity index (χ4n) is 3.30. The molecule has 4 rings (SSSR count). The predicted octanol–water partition coefficient (Wildman–Crippen LogP) is 4.82. The van der Waals surface area contributed by atoms with Crippen molar-refractivity contribution >= 4 is 34.4 Å². The zero-order valence-electron chi connectivity index (χ0n) is 18.6. The number of pyridine rings is 1. The van der Waals surface area contributed by atoms with Gasteiger partial charge >= 0.3 is 6.18 Å². The summed E-state index contributed by atoms with van der Waals surface area (Å²) in [5.74, 6) is 0.198. The van der Waals surface area contributed by atoms with Crippen LogP contribution >= 0.6 is 0 Å². The number of imidazole rings is 1. The Morgan fingerprint density at radius 1 is 1.09 bits per heavy atom. The standard InChI is InChI=1S/C23H20F4N6O2/c1-28-12-21(34)32-20-11-15(7-8-29-20)35-14-4-6-19-18(10-14)31-22(33(19)2)30-17-9-13(23(25,26)27)3-5-16(17)24/h3-11,28H,12H2,1-2H3,(H,30,31)(H,29,32,34). The zero-order chi connectivity index (χ0) is 25.2. The van der Waals surface area contributed by atoms with Crippen LogP contribution in [0.4, 0.5) is 35.0 Å². The Morgan fingerprint density at radius 2 is 1.86 bits per heavy atom. The highest BCUT2D eigenvalue weighted by Gasteiger charge is 2.31. The molecule has 0 unspecified atom stereocenters. The summed E-state index contributed by atoms with van der Waals surface area (Å²) in [7, 11) is 3.30. The maximum Gasteiger partial charge on any atom is 0.416 e. The van der Waals surface area contributed by atoms with Crippen molar-refractivity contribution in [1.29, 1.82) is 0 Å². The highest BCUT2D eigenvalue weighted by molar-refractivity contribution is 5.91. The Bertz CT molecular complexity index is 1390. The van der Waals surface area contributed by atoms with E-state index in [9.17, 15) is 22.4 Å². The number of likely N-dealkylation sites (N-methyl/N-ethyl adjacent to an activating group) is 1. The minimum Gasteiger partial charge on any atom is -0.457 e. The van der Waals surface area contributed by atoms with Crippen LogP contribution in [0.2, 0.25) is 0 Å². The van der Waals surface area contributed by atoms with E-state index >= 15 is 0 Å². The lowest BCUT2D eigenvalue weighted by Crippen LogP contribution is -2.25. The summed E-state index contributed by atoms with van der Waals surface area (Å²) in [5.41, 5.74) is -0.215. The zero-order valence-corrected chi connectivity index (χ0v) is 18.6. The lowest BCUT2D eigenvalue weighted by molar-refractivity contribution is -0.137. The molecular weight excluding hydrogens is 468 g/mol. The van der Waals surface area contributed by atoms with Gasteiger partial charge in [0.1, 0.15) is 23.1 Å². The molecule has 182 valence electrons. The third kappa shape index (κ3) is 5.49. The summed E-state index contributed by atoms with van der Waals surface area (Å²) in [4.78, 5) is 20.2. The number of anilines is 3. The molecule has 3 N–H and O–H groups in total. The molecule has 0 saturated carbocycles. The number of halogens is 4. The minimum absolute atomic E-state index is 0.129. The second-order valence-electron chi connectivity index (χ2n) is 7.52. The van der Waals surface area contributed by atoms with Gasteiger partial charge in [-0.05, 0) is 43.4 Å². The van der Waals surface area contributed by atoms with Crippen LogP contribution in [0.15, 0.2) is 54.7 Å². The molecule has 0 saturated heterocycles. The Hall–Kier alpha value is -4.19. The fraction of sp³-hybridized carbons (Fsp3) is 0.174.